The lowest BCUT2D eigenvalue weighted by Gasteiger charge is -2.11. The van der Waals surface area contributed by atoms with E-state index in [2.05, 4.69) is 16.0 Å². The van der Waals surface area contributed by atoms with E-state index in [1.54, 1.807) is 18.2 Å². The van der Waals surface area contributed by atoms with Gasteiger partial charge in [-0.05, 0) is 30.2 Å². The molecule has 2 aromatic rings. The van der Waals surface area contributed by atoms with Gasteiger partial charge in [-0.15, -0.1) is 0 Å². The Labute approximate surface area is 161 Å². The summed E-state index contributed by atoms with van der Waals surface area (Å²) in [5, 5.41) is 7.11. The molecule has 1 aromatic carbocycles. The number of furan rings is 1. The maximum atomic E-state index is 12.3. The lowest BCUT2D eigenvalue weighted by molar-refractivity contribution is -0.123. The van der Waals surface area contributed by atoms with Gasteiger partial charge in [-0.1, -0.05) is 26.0 Å². The maximum Gasteiger partial charge on any atom is 0.340 e. The van der Waals surface area contributed by atoms with Gasteiger partial charge in [0.25, 0.3) is 11.8 Å². The molecule has 0 radical (unpaired) electrons. The second-order valence-corrected chi connectivity index (χ2v) is 6.21. The SMILES string of the molecule is CC(C)CNC(=O)NC(=O)COC(=O)c1ccccc1NC(=O)c1ccco1. The first-order valence-electron chi connectivity index (χ1n) is 8.55. The van der Waals surface area contributed by atoms with Crippen molar-refractivity contribution in [2.75, 3.05) is 18.5 Å². The maximum absolute atomic E-state index is 12.3. The van der Waals surface area contributed by atoms with Crippen LogP contribution in [0.4, 0.5) is 10.5 Å². The molecule has 0 saturated carbocycles. The number of para-hydroxylation sites is 1. The lowest BCUT2D eigenvalue weighted by Crippen LogP contribution is -2.42. The molecule has 9 nitrogen and oxygen atoms in total. The average Bonchev–Trinajstić information content (AvgIpc) is 3.20. The Hall–Kier alpha value is -3.62. The zero-order valence-electron chi connectivity index (χ0n) is 15.5. The number of carbonyl (C=O) groups is 4. The molecule has 1 heterocycles. The molecule has 0 spiro atoms. The van der Waals surface area contributed by atoms with Crippen LogP contribution in [0, 0.1) is 5.92 Å². The molecule has 148 valence electrons. The van der Waals surface area contributed by atoms with Crippen LogP contribution in [-0.4, -0.2) is 37.0 Å². The summed E-state index contributed by atoms with van der Waals surface area (Å²) in [4.78, 5) is 47.6. The number of amides is 4. The highest BCUT2D eigenvalue weighted by atomic mass is 16.5. The summed E-state index contributed by atoms with van der Waals surface area (Å²) in [6.07, 6.45) is 1.35. The molecule has 3 N–H and O–H groups in total. The first kappa shape index (κ1) is 20.7. The van der Waals surface area contributed by atoms with Crippen LogP contribution >= 0.6 is 0 Å². The zero-order valence-corrected chi connectivity index (χ0v) is 15.5. The number of hydrogen-bond donors (Lipinski definition) is 3. The molecule has 0 atom stereocenters. The van der Waals surface area contributed by atoms with E-state index in [0.717, 1.165) is 0 Å². The summed E-state index contributed by atoms with van der Waals surface area (Å²) < 4.78 is 9.92. The molecule has 9 heteroatoms. The fourth-order valence-corrected chi connectivity index (χ4v) is 2.07. The second kappa shape index (κ2) is 9.91. The van der Waals surface area contributed by atoms with Crippen molar-refractivity contribution in [1.82, 2.24) is 10.6 Å². The van der Waals surface area contributed by atoms with Gasteiger partial charge in [0.1, 0.15) is 0 Å². The van der Waals surface area contributed by atoms with Crippen LogP contribution in [0.25, 0.3) is 0 Å². The van der Waals surface area contributed by atoms with E-state index in [4.69, 9.17) is 9.15 Å². The van der Waals surface area contributed by atoms with E-state index in [9.17, 15) is 19.2 Å². The summed E-state index contributed by atoms with van der Waals surface area (Å²) in [7, 11) is 0. The molecule has 1 aromatic heterocycles. The minimum atomic E-state index is -0.826. The monoisotopic (exact) mass is 387 g/mol. The van der Waals surface area contributed by atoms with Gasteiger partial charge in [0.15, 0.2) is 12.4 Å². The van der Waals surface area contributed by atoms with E-state index in [1.165, 1.54) is 24.5 Å². The number of imide groups is 1. The molecular formula is C19H21N3O6. The normalized spacial score (nSPS) is 10.2. The second-order valence-electron chi connectivity index (χ2n) is 6.21. The Morgan fingerprint density at radius 3 is 2.50 bits per heavy atom. The van der Waals surface area contributed by atoms with Crippen LogP contribution in [0.15, 0.2) is 47.1 Å². The number of benzene rings is 1. The van der Waals surface area contributed by atoms with Crippen molar-refractivity contribution in [3.8, 4) is 0 Å². The number of urea groups is 1. The average molecular weight is 387 g/mol. The predicted molar refractivity (Wildman–Crippen MR) is 99.8 cm³/mol. The summed E-state index contributed by atoms with van der Waals surface area (Å²) in [6, 6.07) is 8.53. The van der Waals surface area contributed by atoms with Crippen molar-refractivity contribution in [3.05, 3.63) is 54.0 Å². The van der Waals surface area contributed by atoms with Crippen molar-refractivity contribution < 1.29 is 28.3 Å². The van der Waals surface area contributed by atoms with E-state index >= 15 is 0 Å². The molecule has 4 amide bonds. The summed E-state index contributed by atoms with van der Waals surface area (Å²) in [5.74, 6) is -1.83. The van der Waals surface area contributed by atoms with Crippen molar-refractivity contribution in [2.45, 2.75) is 13.8 Å². The van der Waals surface area contributed by atoms with Crippen molar-refractivity contribution in [3.63, 3.8) is 0 Å². The molecule has 0 aliphatic carbocycles. The molecule has 0 aliphatic heterocycles. The molecule has 0 saturated heterocycles. The van der Waals surface area contributed by atoms with Gasteiger partial charge in [0.2, 0.25) is 0 Å². The van der Waals surface area contributed by atoms with Gasteiger partial charge in [-0.3, -0.25) is 14.9 Å². The Morgan fingerprint density at radius 1 is 1.07 bits per heavy atom. The standard InChI is InChI=1S/C19H21N3O6/c1-12(2)10-20-19(26)22-16(23)11-28-18(25)13-6-3-4-7-14(13)21-17(24)15-8-5-9-27-15/h3-9,12H,10-11H2,1-2H3,(H,21,24)(H2,20,22,23,26). The van der Waals surface area contributed by atoms with Crippen LogP contribution in [0.3, 0.4) is 0 Å². The molecule has 2 rings (SSSR count). The number of rotatable bonds is 7. The van der Waals surface area contributed by atoms with Gasteiger partial charge in [-0.25, -0.2) is 9.59 Å². The summed E-state index contributed by atoms with van der Waals surface area (Å²) >= 11 is 0. The van der Waals surface area contributed by atoms with Gasteiger partial charge in [0, 0.05) is 6.54 Å². The highest BCUT2D eigenvalue weighted by Gasteiger charge is 2.18. The molecule has 28 heavy (non-hydrogen) atoms. The highest BCUT2D eigenvalue weighted by Crippen LogP contribution is 2.17. The topological polar surface area (TPSA) is 127 Å². The van der Waals surface area contributed by atoms with Crippen molar-refractivity contribution in [1.29, 1.82) is 0 Å². The van der Waals surface area contributed by atoms with Gasteiger partial charge in [0.05, 0.1) is 17.5 Å². The first-order chi connectivity index (χ1) is 13.4. The first-order valence-corrected chi connectivity index (χ1v) is 8.55. The van der Waals surface area contributed by atoms with Crippen LogP contribution in [0.1, 0.15) is 34.8 Å². The van der Waals surface area contributed by atoms with Crippen molar-refractivity contribution in [2.24, 2.45) is 5.92 Å². The summed E-state index contributed by atoms with van der Waals surface area (Å²) in [6.45, 7) is 3.58. The Morgan fingerprint density at radius 2 is 1.82 bits per heavy atom. The fraction of sp³-hybridized carbons (Fsp3) is 0.263. The third kappa shape index (κ3) is 6.27. The molecule has 0 bridgehead atoms. The van der Waals surface area contributed by atoms with E-state index in [0.29, 0.717) is 6.54 Å². The highest BCUT2D eigenvalue weighted by molar-refractivity contribution is 6.07. The van der Waals surface area contributed by atoms with Gasteiger partial charge >= 0.3 is 12.0 Å². The van der Waals surface area contributed by atoms with Crippen molar-refractivity contribution >= 4 is 29.5 Å². The van der Waals surface area contributed by atoms with E-state index in [1.807, 2.05) is 13.8 Å². The van der Waals surface area contributed by atoms with Crippen LogP contribution in [-0.2, 0) is 9.53 Å². The quantitative estimate of drug-likeness (QED) is 0.625. The third-order valence-corrected chi connectivity index (χ3v) is 3.40. The number of carbonyl (C=O) groups excluding carboxylic acids is 4. The van der Waals surface area contributed by atoms with E-state index < -0.39 is 30.4 Å². The van der Waals surface area contributed by atoms with Gasteiger partial charge in [-0.2, -0.15) is 0 Å². The minimum absolute atomic E-state index is 0.0551. The number of anilines is 1. The molecule has 0 aliphatic rings. The van der Waals surface area contributed by atoms with Crippen LogP contribution in [0.2, 0.25) is 0 Å². The lowest BCUT2D eigenvalue weighted by atomic mass is 10.1. The number of hydrogen-bond acceptors (Lipinski definition) is 6. The Bertz CT molecular complexity index is 845. The minimum Gasteiger partial charge on any atom is -0.459 e. The number of ether oxygens (including phenoxy) is 1. The van der Waals surface area contributed by atoms with Gasteiger partial charge < -0.3 is 19.8 Å². The smallest absolute Gasteiger partial charge is 0.340 e. The van der Waals surface area contributed by atoms with Crippen LogP contribution in [0.5, 0.6) is 0 Å². The largest absolute Gasteiger partial charge is 0.459 e. The predicted octanol–water partition coefficient (Wildman–Crippen LogP) is 2.17. The number of esters is 1. The third-order valence-electron chi connectivity index (χ3n) is 3.40. The molecular weight excluding hydrogens is 366 g/mol. The Balaban J connectivity index is 1.91. The summed E-state index contributed by atoms with van der Waals surface area (Å²) in [5.41, 5.74) is 0.253. The van der Waals surface area contributed by atoms with Crippen LogP contribution < -0.4 is 16.0 Å². The fourth-order valence-electron chi connectivity index (χ4n) is 2.07. The molecule has 0 fully saturated rings. The Kier molecular flexibility index (Phi) is 7.32. The number of nitrogens with one attached hydrogen (secondary N) is 3. The van der Waals surface area contributed by atoms with E-state index in [-0.39, 0.29) is 22.9 Å². The molecule has 0 unspecified atom stereocenters. The zero-order chi connectivity index (χ0) is 20.5.